The maximum absolute atomic E-state index is 7.18. The molecule has 0 aromatic heterocycles. The summed E-state index contributed by atoms with van der Waals surface area (Å²) < 4.78 is 0. The van der Waals surface area contributed by atoms with Crippen molar-refractivity contribution in [2.75, 3.05) is 0 Å². The topological polar surface area (TPSA) is 23.8 Å². The van der Waals surface area contributed by atoms with Crippen molar-refractivity contribution in [2.24, 2.45) is 0 Å². The molecule has 0 unspecified atom stereocenters. The van der Waals surface area contributed by atoms with Gasteiger partial charge in [0.1, 0.15) is 0 Å². The van der Waals surface area contributed by atoms with Crippen LogP contribution in [0, 0.1) is 0 Å². The average molecular weight is 93.1 g/mol. The Labute approximate surface area is 57.8 Å². The Morgan fingerprint density at radius 3 is 1.57 bits per heavy atom. The molecule has 0 aliphatic heterocycles. The predicted molar refractivity (Wildman–Crippen MR) is 28.7 cm³/mol. The quantitative estimate of drug-likeness (QED) is 0.380. The fourth-order valence-corrected chi connectivity index (χ4v) is 0. The van der Waals surface area contributed by atoms with Crippen LogP contribution < -0.4 is 18.9 Å². The summed E-state index contributed by atoms with van der Waals surface area (Å²) in [5.74, 6) is 0. The molecule has 0 spiro atoms. The molecule has 2 heteroatoms. The fraction of sp³-hybridized carbons (Fsp3) is 1.00. The molecule has 0 radical (unpaired) electrons. The van der Waals surface area contributed by atoms with Gasteiger partial charge in [-0.25, -0.2) is 0 Å². The molecule has 38 valence electrons. The number of rotatable bonds is 1. The normalized spacial score (nSPS) is 10.3. The third-order valence-corrected chi connectivity index (χ3v) is 0.884. The van der Waals surface area contributed by atoms with Gasteiger partial charge in [0, 0.05) is 0 Å². The van der Waals surface area contributed by atoms with E-state index in [9.17, 15) is 0 Å². The first-order valence-electron chi connectivity index (χ1n) is 2.31. The van der Waals surface area contributed by atoms with E-state index >= 15 is 0 Å². The van der Waals surface area contributed by atoms with Crippen LogP contribution in [0.1, 0.15) is 27.2 Å². The van der Waals surface area contributed by atoms with E-state index in [1.807, 2.05) is 20.8 Å². The number of hydrogen-bond acceptors (Lipinski definition) is 0. The van der Waals surface area contributed by atoms with Crippen LogP contribution in [0.5, 0.6) is 0 Å². The molecule has 0 aliphatic rings. The monoisotopic (exact) mass is 93.1 g/mol. The van der Waals surface area contributed by atoms with Gasteiger partial charge in [-0.15, -0.1) is 5.54 Å². The molecule has 0 atom stereocenters. The van der Waals surface area contributed by atoms with E-state index < -0.39 is 0 Å². The van der Waals surface area contributed by atoms with E-state index in [1.54, 1.807) is 0 Å². The standard InChI is InChI=1S/C5H12N.Li/c1-4-5(2,3)6;/h6H,4H2,1-3H3;/q-1;+1. The minimum absolute atomic E-state index is 0. The largest absolute Gasteiger partial charge is 1.00 e. The Kier molecular flexibility index (Phi) is 5.33. The van der Waals surface area contributed by atoms with Crippen molar-refractivity contribution in [1.29, 1.82) is 0 Å². The summed E-state index contributed by atoms with van der Waals surface area (Å²) in [4.78, 5) is 0. The molecule has 7 heavy (non-hydrogen) atoms. The maximum atomic E-state index is 7.18. The van der Waals surface area contributed by atoms with E-state index in [0.29, 0.717) is 0 Å². The first-order chi connectivity index (χ1) is 2.56. The summed E-state index contributed by atoms with van der Waals surface area (Å²) in [6.45, 7) is 5.84. The van der Waals surface area contributed by atoms with Crippen LogP contribution in [0.3, 0.4) is 0 Å². The van der Waals surface area contributed by atoms with Crippen LogP contribution in [0.25, 0.3) is 5.73 Å². The smallest absolute Gasteiger partial charge is 0.672 e. The van der Waals surface area contributed by atoms with Gasteiger partial charge in [0.2, 0.25) is 0 Å². The second-order valence-corrected chi connectivity index (χ2v) is 2.24. The van der Waals surface area contributed by atoms with E-state index in [-0.39, 0.29) is 24.4 Å². The summed E-state index contributed by atoms with van der Waals surface area (Å²) in [5, 5.41) is 0. The molecule has 0 amide bonds. The predicted octanol–water partition coefficient (Wildman–Crippen LogP) is -0.769. The molecule has 0 bridgehead atoms. The molecule has 0 saturated heterocycles. The molecule has 1 nitrogen and oxygen atoms in total. The van der Waals surface area contributed by atoms with E-state index in [0.717, 1.165) is 6.42 Å². The maximum Gasteiger partial charge on any atom is 1.00 e. The molecule has 0 aromatic rings. The summed E-state index contributed by atoms with van der Waals surface area (Å²) in [5.41, 5.74) is 6.97. The van der Waals surface area contributed by atoms with Crippen molar-refractivity contribution < 1.29 is 18.9 Å². The first kappa shape index (κ1) is 10.5. The molecule has 0 heterocycles. The van der Waals surface area contributed by atoms with Gasteiger partial charge in [0.15, 0.2) is 0 Å². The SMILES string of the molecule is CCC(C)(C)[NH-].[Li+]. The van der Waals surface area contributed by atoms with E-state index in [4.69, 9.17) is 5.73 Å². The zero-order valence-electron chi connectivity index (χ0n) is 5.71. The average Bonchev–Trinajstić information content (AvgIpc) is 1.35. The first-order valence-corrected chi connectivity index (χ1v) is 2.31. The Morgan fingerprint density at radius 2 is 1.57 bits per heavy atom. The number of hydrogen-bond donors (Lipinski definition) is 0. The summed E-state index contributed by atoms with van der Waals surface area (Å²) in [6, 6.07) is 0. The molecule has 0 rings (SSSR count). The fourth-order valence-electron chi connectivity index (χ4n) is 0. The Hall–Kier alpha value is 0.557. The zero-order valence-corrected chi connectivity index (χ0v) is 5.71. The zero-order chi connectivity index (χ0) is 5.21. The molecular formula is C5H12LiN. The van der Waals surface area contributed by atoms with Crippen LogP contribution in [0.2, 0.25) is 0 Å². The minimum atomic E-state index is -0.208. The van der Waals surface area contributed by atoms with Gasteiger partial charge in [0.05, 0.1) is 0 Å². The Balaban J connectivity index is 0. The Morgan fingerprint density at radius 1 is 1.43 bits per heavy atom. The second-order valence-electron chi connectivity index (χ2n) is 2.24. The van der Waals surface area contributed by atoms with Crippen molar-refractivity contribution >= 4 is 0 Å². The molecule has 0 saturated carbocycles. The van der Waals surface area contributed by atoms with Crippen molar-refractivity contribution in [2.45, 2.75) is 32.7 Å². The molecular weight excluding hydrogens is 81.0 g/mol. The van der Waals surface area contributed by atoms with Crippen LogP contribution in [-0.2, 0) is 0 Å². The summed E-state index contributed by atoms with van der Waals surface area (Å²) in [6.07, 6.45) is 0.938. The van der Waals surface area contributed by atoms with Crippen LogP contribution in [-0.4, -0.2) is 5.54 Å². The van der Waals surface area contributed by atoms with Gasteiger partial charge in [-0.2, -0.15) is 0 Å². The van der Waals surface area contributed by atoms with Crippen molar-refractivity contribution in [1.82, 2.24) is 0 Å². The van der Waals surface area contributed by atoms with Crippen LogP contribution in [0.4, 0.5) is 0 Å². The third-order valence-electron chi connectivity index (χ3n) is 0.884. The van der Waals surface area contributed by atoms with Crippen molar-refractivity contribution in [3.05, 3.63) is 5.73 Å². The van der Waals surface area contributed by atoms with Crippen molar-refractivity contribution in [3.8, 4) is 0 Å². The minimum Gasteiger partial charge on any atom is -0.672 e. The molecule has 0 aromatic carbocycles. The summed E-state index contributed by atoms with van der Waals surface area (Å²) >= 11 is 0. The van der Waals surface area contributed by atoms with Gasteiger partial charge >= 0.3 is 18.9 Å². The van der Waals surface area contributed by atoms with Crippen LogP contribution >= 0.6 is 0 Å². The Bertz CT molecular complexity index is 37.8. The summed E-state index contributed by atoms with van der Waals surface area (Å²) in [7, 11) is 0. The van der Waals surface area contributed by atoms with Crippen molar-refractivity contribution in [3.63, 3.8) is 0 Å². The van der Waals surface area contributed by atoms with Gasteiger partial charge in [-0.05, 0) is 0 Å². The van der Waals surface area contributed by atoms with Gasteiger partial charge < -0.3 is 5.73 Å². The number of nitrogens with one attached hydrogen (secondary N) is 1. The third kappa shape index (κ3) is 10.8. The van der Waals surface area contributed by atoms with E-state index in [2.05, 4.69) is 0 Å². The second kappa shape index (κ2) is 3.55. The van der Waals surface area contributed by atoms with Gasteiger partial charge in [-0.3, -0.25) is 0 Å². The molecule has 0 aliphatic carbocycles. The van der Waals surface area contributed by atoms with Gasteiger partial charge in [-0.1, -0.05) is 27.2 Å². The van der Waals surface area contributed by atoms with Gasteiger partial charge in [0.25, 0.3) is 0 Å². The van der Waals surface area contributed by atoms with Crippen LogP contribution in [0.15, 0.2) is 0 Å². The molecule has 0 fully saturated rings. The van der Waals surface area contributed by atoms with E-state index in [1.165, 1.54) is 0 Å². The molecule has 1 N–H and O–H groups in total.